The van der Waals surface area contributed by atoms with Crippen LogP contribution in [-0.4, -0.2) is 31.9 Å². The maximum atomic E-state index is 9.12. The van der Waals surface area contributed by atoms with Gasteiger partial charge in [-0.25, -0.2) is 4.98 Å². The van der Waals surface area contributed by atoms with E-state index in [4.69, 9.17) is 10.0 Å². The van der Waals surface area contributed by atoms with Gasteiger partial charge in [-0.1, -0.05) is 0 Å². The number of thiazole rings is 1. The maximum Gasteiger partial charge on any atom is 0.507 e. The second-order valence-corrected chi connectivity index (χ2v) is 3.88. The first-order valence-electron chi connectivity index (χ1n) is 4.56. The maximum absolute atomic E-state index is 9.12. The molecule has 15 heavy (non-hydrogen) atoms. The van der Waals surface area contributed by atoms with Crippen LogP contribution in [0, 0.1) is 0 Å². The van der Waals surface area contributed by atoms with E-state index < -0.39 is 7.12 Å². The third-order valence-corrected chi connectivity index (χ3v) is 2.82. The number of aryl methyl sites for hydroxylation is 1. The van der Waals surface area contributed by atoms with Gasteiger partial charge < -0.3 is 10.0 Å². The third-order valence-electron chi connectivity index (χ3n) is 2.03. The van der Waals surface area contributed by atoms with Crippen molar-refractivity contribution >= 4 is 24.0 Å². The molecule has 0 aliphatic carbocycles. The highest BCUT2D eigenvalue weighted by Crippen LogP contribution is 2.18. The van der Waals surface area contributed by atoms with Crippen molar-refractivity contribution in [3.8, 4) is 10.7 Å². The van der Waals surface area contributed by atoms with Crippen LogP contribution in [0.25, 0.3) is 10.7 Å². The van der Waals surface area contributed by atoms with Gasteiger partial charge in [-0.15, -0.1) is 11.3 Å². The summed E-state index contributed by atoms with van der Waals surface area (Å²) in [7, 11) is -1.49. The molecule has 2 aromatic heterocycles. The molecule has 0 fully saturated rings. The highest BCUT2D eigenvalue weighted by atomic mass is 32.1. The van der Waals surface area contributed by atoms with E-state index in [0.717, 1.165) is 5.01 Å². The minimum Gasteiger partial charge on any atom is -0.422 e. The van der Waals surface area contributed by atoms with Crippen LogP contribution in [0.3, 0.4) is 0 Å². The molecule has 0 radical (unpaired) electrons. The molecule has 0 aromatic carbocycles. The normalized spacial score (nSPS) is 10.6. The van der Waals surface area contributed by atoms with Gasteiger partial charge >= 0.3 is 7.12 Å². The molecule has 2 N–H and O–H groups in total. The van der Waals surface area contributed by atoms with Gasteiger partial charge in [-0.05, 0) is 13.0 Å². The molecular formula is C8H10BN3O2S. The van der Waals surface area contributed by atoms with Gasteiger partial charge in [0.2, 0.25) is 0 Å². The van der Waals surface area contributed by atoms with E-state index in [1.54, 1.807) is 16.9 Å². The van der Waals surface area contributed by atoms with Crippen molar-refractivity contribution in [2.45, 2.75) is 13.5 Å². The molecule has 0 aliphatic rings. The van der Waals surface area contributed by atoms with Crippen molar-refractivity contribution in [2.75, 3.05) is 0 Å². The molecule has 0 atom stereocenters. The Balaban J connectivity index is 2.43. The summed E-state index contributed by atoms with van der Waals surface area (Å²) >= 11 is 1.47. The zero-order valence-corrected chi connectivity index (χ0v) is 8.98. The summed E-state index contributed by atoms with van der Waals surface area (Å²) < 4.78 is 1.56. The lowest BCUT2D eigenvalue weighted by Crippen LogP contribution is -2.36. The lowest BCUT2D eigenvalue weighted by atomic mass is 9.86. The molecule has 0 unspecified atom stereocenters. The van der Waals surface area contributed by atoms with Gasteiger partial charge in [-0.3, -0.25) is 4.68 Å². The van der Waals surface area contributed by atoms with E-state index in [0.29, 0.717) is 17.8 Å². The van der Waals surface area contributed by atoms with Gasteiger partial charge in [0, 0.05) is 18.1 Å². The first-order chi connectivity index (χ1) is 7.22. The molecule has 2 aromatic rings. The predicted octanol–water partition coefficient (Wildman–Crippen LogP) is -0.294. The minimum absolute atomic E-state index is 0.391. The standard InChI is InChI=1S/C8H10BN3O2S/c1-2-12-7(9(13)14)5-6(11-12)8-10-3-4-15-8/h3-5,13-14H,2H2,1H3. The van der Waals surface area contributed by atoms with Crippen LogP contribution in [0.2, 0.25) is 0 Å². The first kappa shape index (κ1) is 10.3. The summed E-state index contributed by atoms with van der Waals surface area (Å²) in [5.41, 5.74) is 1.07. The minimum atomic E-state index is -1.49. The fourth-order valence-electron chi connectivity index (χ4n) is 1.35. The topological polar surface area (TPSA) is 71.2 Å². The van der Waals surface area contributed by atoms with Crippen molar-refractivity contribution < 1.29 is 10.0 Å². The quantitative estimate of drug-likeness (QED) is 0.701. The van der Waals surface area contributed by atoms with Crippen LogP contribution in [-0.2, 0) is 6.54 Å². The Morgan fingerprint density at radius 2 is 2.33 bits per heavy atom. The highest BCUT2D eigenvalue weighted by molar-refractivity contribution is 7.13. The largest absolute Gasteiger partial charge is 0.507 e. The second kappa shape index (κ2) is 4.14. The van der Waals surface area contributed by atoms with E-state index in [2.05, 4.69) is 10.1 Å². The van der Waals surface area contributed by atoms with E-state index >= 15 is 0 Å². The van der Waals surface area contributed by atoms with Crippen molar-refractivity contribution in [3.63, 3.8) is 0 Å². The van der Waals surface area contributed by atoms with Crippen LogP contribution < -0.4 is 5.59 Å². The SMILES string of the molecule is CCn1nc(-c2nccs2)cc1B(O)O. The molecule has 0 saturated carbocycles. The van der Waals surface area contributed by atoms with Crippen LogP contribution in [0.1, 0.15) is 6.92 Å². The molecule has 78 valence electrons. The van der Waals surface area contributed by atoms with Crippen LogP contribution in [0.15, 0.2) is 17.6 Å². The molecule has 2 rings (SSSR count). The molecular weight excluding hydrogens is 213 g/mol. The lowest BCUT2D eigenvalue weighted by Gasteiger charge is -2.00. The number of nitrogens with zero attached hydrogens (tertiary/aromatic N) is 3. The summed E-state index contributed by atoms with van der Waals surface area (Å²) in [6.07, 6.45) is 1.69. The Morgan fingerprint density at radius 3 is 2.80 bits per heavy atom. The summed E-state index contributed by atoms with van der Waals surface area (Å²) in [6, 6.07) is 1.65. The van der Waals surface area contributed by atoms with E-state index in [9.17, 15) is 0 Å². The highest BCUT2D eigenvalue weighted by Gasteiger charge is 2.19. The van der Waals surface area contributed by atoms with Gasteiger partial charge in [0.15, 0.2) is 0 Å². The van der Waals surface area contributed by atoms with Gasteiger partial charge in [-0.2, -0.15) is 5.10 Å². The fourth-order valence-corrected chi connectivity index (χ4v) is 1.94. The Bertz CT molecular complexity index is 441. The Hall–Kier alpha value is -1.18. The number of rotatable bonds is 3. The van der Waals surface area contributed by atoms with Gasteiger partial charge in [0.05, 0.1) is 5.59 Å². The molecule has 0 amide bonds. The Labute approximate surface area is 91.2 Å². The van der Waals surface area contributed by atoms with E-state index in [-0.39, 0.29) is 0 Å². The molecule has 0 aliphatic heterocycles. The monoisotopic (exact) mass is 223 g/mol. The second-order valence-electron chi connectivity index (χ2n) is 2.98. The van der Waals surface area contributed by atoms with Crippen LogP contribution >= 0.6 is 11.3 Å². The number of hydrogen-bond donors (Lipinski definition) is 2. The van der Waals surface area contributed by atoms with Crippen LogP contribution in [0.4, 0.5) is 0 Å². The molecule has 7 heteroatoms. The zero-order chi connectivity index (χ0) is 10.8. The van der Waals surface area contributed by atoms with Gasteiger partial charge in [0.25, 0.3) is 0 Å². The average Bonchev–Trinajstić information content (AvgIpc) is 2.86. The van der Waals surface area contributed by atoms with Crippen molar-refractivity contribution in [3.05, 3.63) is 17.6 Å². The fraction of sp³-hybridized carbons (Fsp3) is 0.250. The molecule has 0 bridgehead atoms. The molecule has 2 heterocycles. The smallest absolute Gasteiger partial charge is 0.422 e. The first-order valence-corrected chi connectivity index (χ1v) is 5.44. The summed E-state index contributed by atoms with van der Waals surface area (Å²) in [4.78, 5) is 4.11. The van der Waals surface area contributed by atoms with Crippen molar-refractivity contribution in [1.29, 1.82) is 0 Å². The zero-order valence-electron chi connectivity index (χ0n) is 8.16. The van der Waals surface area contributed by atoms with E-state index in [1.165, 1.54) is 11.3 Å². The Kier molecular flexibility index (Phi) is 2.85. The average molecular weight is 223 g/mol. The summed E-state index contributed by atoms with van der Waals surface area (Å²) in [6.45, 7) is 2.49. The number of aromatic nitrogens is 3. The lowest BCUT2D eigenvalue weighted by molar-refractivity contribution is 0.420. The van der Waals surface area contributed by atoms with Crippen LogP contribution in [0.5, 0.6) is 0 Å². The van der Waals surface area contributed by atoms with Crippen molar-refractivity contribution in [1.82, 2.24) is 14.8 Å². The Morgan fingerprint density at radius 1 is 1.53 bits per heavy atom. The van der Waals surface area contributed by atoms with E-state index in [1.807, 2.05) is 12.3 Å². The molecule has 0 saturated heterocycles. The number of hydrogen-bond acceptors (Lipinski definition) is 5. The predicted molar refractivity (Wildman–Crippen MR) is 58.8 cm³/mol. The molecule has 5 nitrogen and oxygen atoms in total. The third kappa shape index (κ3) is 1.94. The summed E-state index contributed by atoms with van der Waals surface area (Å²) in [5.74, 6) is 0. The van der Waals surface area contributed by atoms with Gasteiger partial charge in [0.1, 0.15) is 10.7 Å². The molecule has 0 spiro atoms. The summed E-state index contributed by atoms with van der Waals surface area (Å²) in [5, 5.41) is 25.1. The van der Waals surface area contributed by atoms with Crippen molar-refractivity contribution in [2.24, 2.45) is 0 Å².